The Balaban J connectivity index is 1.33. The van der Waals surface area contributed by atoms with Crippen molar-refractivity contribution in [2.45, 2.75) is 45.7 Å². The monoisotopic (exact) mass is 402 g/mol. The van der Waals surface area contributed by atoms with Gasteiger partial charge in [0.15, 0.2) is 5.65 Å². The van der Waals surface area contributed by atoms with Gasteiger partial charge in [0.25, 0.3) is 0 Å². The molecule has 3 aromatic rings. The first kappa shape index (κ1) is 20.0. The first-order valence-electron chi connectivity index (χ1n) is 10.3. The number of benzene rings is 1. The van der Waals surface area contributed by atoms with Gasteiger partial charge in [-0.15, -0.1) is 0 Å². The van der Waals surface area contributed by atoms with Crippen molar-refractivity contribution in [2.24, 2.45) is 0 Å². The van der Waals surface area contributed by atoms with Crippen LogP contribution in [0.4, 0.5) is 0 Å². The second-order valence-electron chi connectivity index (χ2n) is 7.94. The third-order valence-electron chi connectivity index (χ3n) is 5.82. The van der Waals surface area contributed by atoms with Gasteiger partial charge < -0.3 is 5.32 Å². The largest absolute Gasteiger partial charge is 0.352 e. The van der Waals surface area contributed by atoms with Crippen LogP contribution >= 0.6 is 0 Å². The molecule has 0 bridgehead atoms. The highest BCUT2D eigenvalue weighted by Crippen LogP contribution is 2.19. The maximum atomic E-state index is 12.6. The fraction of sp³-hybridized carbons (Fsp3) is 0.391. The number of hydrogen-bond acceptors (Lipinski definition) is 5. The van der Waals surface area contributed by atoms with Crippen molar-refractivity contribution in [2.75, 3.05) is 13.1 Å². The average Bonchev–Trinajstić information content (AvgIpc) is 3.35. The van der Waals surface area contributed by atoms with Crippen LogP contribution < -0.4 is 5.32 Å². The molecule has 1 amide bonds. The van der Waals surface area contributed by atoms with Gasteiger partial charge in [-0.05, 0) is 37.8 Å². The topological polar surface area (TPSA) is 86.3 Å². The molecule has 3 heterocycles. The molecule has 30 heavy (non-hydrogen) atoms. The second-order valence-corrected chi connectivity index (χ2v) is 7.94. The van der Waals surface area contributed by atoms with E-state index < -0.39 is 0 Å². The zero-order valence-corrected chi connectivity index (χ0v) is 17.4. The van der Waals surface area contributed by atoms with Gasteiger partial charge in [-0.3, -0.25) is 9.69 Å². The standard InChI is InChI=1S/C23H26N6O/c1-16-21(17(2)29-23(26-16)19(12-24)13-25-29)8-9-22(30)27-20-10-11-28(15-20)14-18-6-4-3-5-7-18/h3-7,13,20H,8-11,14-15H2,1-2H3,(H,27,30)/t20-/m0/s1. The summed E-state index contributed by atoms with van der Waals surface area (Å²) in [6.45, 7) is 6.69. The predicted octanol–water partition coefficient (Wildman–Crippen LogP) is 2.54. The Morgan fingerprint density at radius 2 is 2.10 bits per heavy atom. The predicted molar refractivity (Wildman–Crippen MR) is 114 cm³/mol. The quantitative estimate of drug-likeness (QED) is 0.685. The van der Waals surface area contributed by atoms with Crippen molar-refractivity contribution in [3.63, 3.8) is 0 Å². The van der Waals surface area contributed by atoms with E-state index in [1.54, 1.807) is 4.52 Å². The highest BCUT2D eigenvalue weighted by Gasteiger charge is 2.24. The smallest absolute Gasteiger partial charge is 0.220 e. The van der Waals surface area contributed by atoms with Crippen LogP contribution in [0.1, 0.15) is 40.9 Å². The molecular weight excluding hydrogens is 376 g/mol. The van der Waals surface area contributed by atoms with Crippen LogP contribution in [-0.2, 0) is 17.8 Å². The molecule has 7 nitrogen and oxygen atoms in total. The molecular formula is C23H26N6O. The summed E-state index contributed by atoms with van der Waals surface area (Å²) in [7, 11) is 0. The molecule has 1 saturated heterocycles. The minimum atomic E-state index is 0.0682. The second kappa shape index (κ2) is 8.64. The number of aryl methyl sites for hydroxylation is 2. The first-order chi connectivity index (χ1) is 14.5. The molecule has 0 radical (unpaired) electrons. The molecule has 0 unspecified atom stereocenters. The number of nitrogens with zero attached hydrogens (tertiary/aromatic N) is 5. The number of nitriles is 1. The maximum absolute atomic E-state index is 12.6. The van der Waals surface area contributed by atoms with Crippen LogP contribution in [0.3, 0.4) is 0 Å². The van der Waals surface area contributed by atoms with E-state index in [2.05, 4.69) is 50.6 Å². The van der Waals surface area contributed by atoms with Crippen molar-refractivity contribution >= 4 is 11.6 Å². The molecule has 7 heteroatoms. The lowest BCUT2D eigenvalue weighted by molar-refractivity contribution is -0.121. The normalized spacial score (nSPS) is 16.6. The summed E-state index contributed by atoms with van der Waals surface area (Å²) in [6.07, 6.45) is 3.53. The maximum Gasteiger partial charge on any atom is 0.220 e. The summed E-state index contributed by atoms with van der Waals surface area (Å²) in [5.41, 5.74) is 5.14. The number of aromatic nitrogens is 3. The van der Waals surface area contributed by atoms with E-state index in [4.69, 9.17) is 0 Å². The molecule has 1 aromatic carbocycles. The molecule has 0 spiro atoms. The van der Waals surface area contributed by atoms with Gasteiger partial charge in [-0.1, -0.05) is 30.3 Å². The molecule has 0 saturated carbocycles. The lowest BCUT2D eigenvalue weighted by Crippen LogP contribution is -2.37. The zero-order valence-electron chi connectivity index (χ0n) is 17.4. The van der Waals surface area contributed by atoms with Crippen LogP contribution in [0.15, 0.2) is 36.5 Å². The molecule has 1 atom stereocenters. The van der Waals surface area contributed by atoms with Crippen molar-refractivity contribution in [1.82, 2.24) is 24.8 Å². The van der Waals surface area contributed by atoms with Gasteiger partial charge >= 0.3 is 0 Å². The Morgan fingerprint density at radius 3 is 2.87 bits per heavy atom. The summed E-state index contributed by atoms with van der Waals surface area (Å²) in [5, 5.41) is 16.6. The molecule has 1 fully saturated rings. The van der Waals surface area contributed by atoms with Crippen LogP contribution in [0.2, 0.25) is 0 Å². The van der Waals surface area contributed by atoms with Gasteiger partial charge in [0.05, 0.1) is 6.20 Å². The van der Waals surface area contributed by atoms with E-state index in [0.29, 0.717) is 24.1 Å². The van der Waals surface area contributed by atoms with E-state index in [-0.39, 0.29) is 11.9 Å². The highest BCUT2D eigenvalue weighted by molar-refractivity contribution is 5.76. The number of fused-ring (bicyclic) bond motifs is 1. The van der Waals surface area contributed by atoms with Crippen LogP contribution in [-0.4, -0.2) is 44.5 Å². The Labute approximate surface area is 176 Å². The molecule has 154 valence electrons. The van der Waals surface area contributed by atoms with Crippen LogP contribution in [0.5, 0.6) is 0 Å². The third-order valence-corrected chi connectivity index (χ3v) is 5.82. The van der Waals surface area contributed by atoms with Crippen molar-refractivity contribution in [3.8, 4) is 6.07 Å². The Bertz CT molecular complexity index is 1100. The van der Waals surface area contributed by atoms with E-state index in [9.17, 15) is 10.1 Å². The third kappa shape index (κ3) is 4.19. The summed E-state index contributed by atoms with van der Waals surface area (Å²) in [5.74, 6) is 0.0682. The Hall–Kier alpha value is -3.24. The van der Waals surface area contributed by atoms with E-state index in [1.165, 1.54) is 11.8 Å². The van der Waals surface area contributed by atoms with Gasteiger partial charge in [0, 0.05) is 43.5 Å². The number of nitrogens with one attached hydrogen (secondary N) is 1. The summed E-state index contributed by atoms with van der Waals surface area (Å²) in [6, 6.07) is 12.8. The lowest BCUT2D eigenvalue weighted by atomic mass is 10.1. The van der Waals surface area contributed by atoms with E-state index in [0.717, 1.165) is 43.0 Å². The summed E-state index contributed by atoms with van der Waals surface area (Å²) < 4.78 is 1.69. The fourth-order valence-corrected chi connectivity index (χ4v) is 4.23. The lowest BCUT2D eigenvalue weighted by Gasteiger charge is -2.17. The fourth-order valence-electron chi connectivity index (χ4n) is 4.23. The zero-order chi connectivity index (χ0) is 21.1. The van der Waals surface area contributed by atoms with Gasteiger partial charge in [0.2, 0.25) is 5.91 Å². The van der Waals surface area contributed by atoms with Gasteiger partial charge in [0.1, 0.15) is 11.6 Å². The Morgan fingerprint density at radius 1 is 1.30 bits per heavy atom. The van der Waals surface area contributed by atoms with Crippen molar-refractivity contribution in [1.29, 1.82) is 5.26 Å². The number of carbonyl (C=O) groups is 1. The van der Waals surface area contributed by atoms with E-state index in [1.807, 2.05) is 19.9 Å². The van der Waals surface area contributed by atoms with E-state index >= 15 is 0 Å². The SMILES string of the molecule is Cc1nc2c(C#N)cnn2c(C)c1CCC(=O)N[C@H]1CCN(Cc2ccccc2)C1. The van der Waals surface area contributed by atoms with Gasteiger partial charge in [-0.2, -0.15) is 10.4 Å². The molecule has 2 aromatic heterocycles. The molecule has 1 N–H and O–H groups in total. The first-order valence-corrected chi connectivity index (χ1v) is 10.3. The minimum absolute atomic E-state index is 0.0682. The number of likely N-dealkylation sites (tertiary alicyclic amines) is 1. The van der Waals surface area contributed by atoms with Crippen molar-refractivity contribution < 1.29 is 4.79 Å². The molecule has 1 aliphatic heterocycles. The summed E-state index contributed by atoms with van der Waals surface area (Å²) in [4.78, 5) is 19.5. The number of rotatable bonds is 6. The summed E-state index contributed by atoms with van der Waals surface area (Å²) >= 11 is 0. The highest BCUT2D eigenvalue weighted by atomic mass is 16.1. The van der Waals surface area contributed by atoms with Gasteiger partial charge in [-0.25, -0.2) is 9.50 Å². The van der Waals surface area contributed by atoms with Crippen molar-refractivity contribution in [3.05, 3.63) is 64.6 Å². The average molecular weight is 403 g/mol. The molecule has 1 aliphatic rings. The number of hydrogen-bond donors (Lipinski definition) is 1. The molecule has 0 aliphatic carbocycles. The van der Waals surface area contributed by atoms with Crippen LogP contribution in [0, 0.1) is 25.2 Å². The minimum Gasteiger partial charge on any atom is -0.352 e. The Kier molecular flexibility index (Phi) is 5.77. The number of amides is 1. The number of carbonyl (C=O) groups excluding carboxylic acids is 1. The molecule has 4 rings (SSSR count). The van der Waals surface area contributed by atoms with Crippen LogP contribution in [0.25, 0.3) is 5.65 Å².